The summed E-state index contributed by atoms with van der Waals surface area (Å²) in [4.78, 5) is 0. The van der Waals surface area contributed by atoms with Crippen molar-refractivity contribution >= 4 is 0 Å². The molecule has 2 heterocycles. The van der Waals surface area contributed by atoms with Gasteiger partial charge in [0.25, 0.3) is 0 Å². The van der Waals surface area contributed by atoms with Gasteiger partial charge in [0, 0.05) is 6.61 Å². The zero-order valence-electron chi connectivity index (χ0n) is 6.08. The molecule has 2 aliphatic heterocycles. The predicted molar refractivity (Wildman–Crippen MR) is 34.6 cm³/mol. The van der Waals surface area contributed by atoms with Crippen LogP contribution in [0.4, 0.5) is 0 Å². The fourth-order valence-corrected chi connectivity index (χ4v) is 1.46. The van der Waals surface area contributed by atoms with Gasteiger partial charge < -0.3 is 14.2 Å². The van der Waals surface area contributed by atoms with E-state index in [2.05, 4.69) is 0 Å². The van der Waals surface area contributed by atoms with Crippen LogP contribution in [0.1, 0.15) is 13.3 Å². The van der Waals surface area contributed by atoms with Gasteiger partial charge in [0.05, 0.1) is 12.7 Å². The van der Waals surface area contributed by atoms with E-state index < -0.39 is 0 Å². The molecule has 3 heteroatoms. The van der Waals surface area contributed by atoms with Crippen LogP contribution in [0.2, 0.25) is 0 Å². The molecule has 0 aliphatic carbocycles. The van der Waals surface area contributed by atoms with Crippen molar-refractivity contribution in [2.75, 3.05) is 13.2 Å². The second-order valence-electron chi connectivity index (χ2n) is 2.77. The molecule has 0 radical (unpaired) electrons. The number of hydrogen-bond donors (Lipinski definition) is 0. The molecule has 2 saturated heterocycles. The third-order valence-electron chi connectivity index (χ3n) is 2.01. The normalized spacial score (nSPS) is 47.1. The highest BCUT2D eigenvalue weighted by molar-refractivity contribution is 4.79. The number of rotatable bonds is 0. The van der Waals surface area contributed by atoms with Crippen molar-refractivity contribution in [1.29, 1.82) is 0 Å². The fourth-order valence-electron chi connectivity index (χ4n) is 1.46. The Labute approximate surface area is 60.3 Å². The van der Waals surface area contributed by atoms with E-state index in [1.807, 2.05) is 6.92 Å². The molecule has 0 amide bonds. The predicted octanol–water partition coefficient (Wildman–Crippen LogP) is 0.537. The molecule has 2 fully saturated rings. The first kappa shape index (κ1) is 6.58. The maximum atomic E-state index is 5.46. The molecule has 0 N–H and O–H groups in total. The quantitative estimate of drug-likeness (QED) is 0.496. The summed E-state index contributed by atoms with van der Waals surface area (Å²) in [6, 6.07) is 0. The van der Waals surface area contributed by atoms with Gasteiger partial charge in [-0.05, 0) is 13.3 Å². The van der Waals surface area contributed by atoms with Crippen molar-refractivity contribution in [3.8, 4) is 0 Å². The topological polar surface area (TPSA) is 27.7 Å². The fraction of sp³-hybridized carbons (Fsp3) is 1.00. The third kappa shape index (κ3) is 1.05. The van der Waals surface area contributed by atoms with E-state index in [4.69, 9.17) is 14.2 Å². The lowest BCUT2D eigenvalue weighted by molar-refractivity contribution is -0.229. The van der Waals surface area contributed by atoms with Crippen molar-refractivity contribution in [1.82, 2.24) is 0 Å². The first-order valence-electron chi connectivity index (χ1n) is 3.75. The molecule has 2 unspecified atom stereocenters. The first-order valence-corrected chi connectivity index (χ1v) is 3.75. The molecule has 0 saturated carbocycles. The second kappa shape index (κ2) is 2.49. The Morgan fingerprint density at radius 1 is 1.20 bits per heavy atom. The van der Waals surface area contributed by atoms with Gasteiger partial charge in [0.2, 0.25) is 0 Å². The molecule has 0 bridgehead atoms. The van der Waals surface area contributed by atoms with Gasteiger partial charge in [-0.1, -0.05) is 0 Å². The Hall–Kier alpha value is -0.120. The number of fused-ring (bicyclic) bond motifs is 1. The van der Waals surface area contributed by atoms with E-state index in [0.29, 0.717) is 12.7 Å². The van der Waals surface area contributed by atoms with Crippen LogP contribution in [0.15, 0.2) is 0 Å². The molecule has 10 heavy (non-hydrogen) atoms. The third-order valence-corrected chi connectivity index (χ3v) is 2.01. The minimum atomic E-state index is -0.0389. The highest BCUT2D eigenvalue weighted by Crippen LogP contribution is 2.23. The number of ether oxygens (including phenoxy) is 3. The lowest BCUT2D eigenvalue weighted by Crippen LogP contribution is -2.39. The van der Waals surface area contributed by atoms with Crippen LogP contribution in [-0.4, -0.2) is 31.7 Å². The van der Waals surface area contributed by atoms with Gasteiger partial charge in [-0.25, -0.2) is 0 Å². The summed E-state index contributed by atoms with van der Waals surface area (Å²) in [5.41, 5.74) is 0. The summed E-state index contributed by atoms with van der Waals surface area (Å²) in [6.45, 7) is 3.45. The molecular formula is C7H12O3. The van der Waals surface area contributed by atoms with Crippen LogP contribution < -0.4 is 0 Å². The van der Waals surface area contributed by atoms with Gasteiger partial charge in [0.1, 0.15) is 6.10 Å². The van der Waals surface area contributed by atoms with Gasteiger partial charge in [-0.2, -0.15) is 0 Å². The minimum absolute atomic E-state index is 0.0389. The SMILES string of the molecule is C[C@@H]1OCC2OCCC2O1. The Morgan fingerprint density at radius 3 is 3.00 bits per heavy atom. The van der Waals surface area contributed by atoms with E-state index in [-0.39, 0.29) is 12.4 Å². The molecule has 58 valence electrons. The van der Waals surface area contributed by atoms with Gasteiger partial charge in [0.15, 0.2) is 6.29 Å². The molecule has 0 aromatic carbocycles. The van der Waals surface area contributed by atoms with Crippen molar-refractivity contribution in [2.24, 2.45) is 0 Å². The van der Waals surface area contributed by atoms with Crippen LogP contribution in [0.5, 0.6) is 0 Å². The molecular weight excluding hydrogens is 132 g/mol. The summed E-state index contributed by atoms with van der Waals surface area (Å²) in [6.07, 6.45) is 1.49. The smallest absolute Gasteiger partial charge is 0.155 e. The lowest BCUT2D eigenvalue weighted by Gasteiger charge is -2.29. The van der Waals surface area contributed by atoms with Crippen molar-refractivity contribution in [2.45, 2.75) is 31.8 Å². The molecule has 0 spiro atoms. The van der Waals surface area contributed by atoms with E-state index in [1.165, 1.54) is 0 Å². The molecule has 2 rings (SSSR count). The van der Waals surface area contributed by atoms with E-state index >= 15 is 0 Å². The largest absolute Gasteiger partial charge is 0.373 e. The summed E-state index contributed by atoms with van der Waals surface area (Å²) < 4.78 is 16.1. The van der Waals surface area contributed by atoms with Crippen molar-refractivity contribution in [3.05, 3.63) is 0 Å². The first-order chi connectivity index (χ1) is 4.86. The van der Waals surface area contributed by atoms with Crippen LogP contribution >= 0.6 is 0 Å². The Bertz CT molecular complexity index is 126. The summed E-state index contributed by atoms with van der Waals surface area (Å²) in [5.74, 6) is 0. The maximum Gasteiger partial charge on any atom is 0.155 e. The average Bonchev–Trinajstić information content (AvgIpc) is 2.33. The molecule has 3 nitrogen and oxygen atoms in total. The zero-order chi connectivity index (χ0) is 6.97. The zero-order valence-corrected chi connectivity index (χ0v) is 6.08. The van der Waals surface area contributed by atoms with E-state index in [0.717, 1.165) is 13.0 Å². The van der Waals surface area contributed by atoms with Gasteiger partial charge in [-0.3, -0.25) is 0 Å². The Kier molecular flexibility index (Phi) is 1.64. The van der Waals surface area contributed by atoms with Crippen LogP contribution in [0, 0.1) is 0 Å². The van der Waals surface area contributed by atoms with Crippen molar-refractivity contribution in [3.63, 3.8) is 0 Å². The van der Waals surface area contributed by atoms with E-state index in [9.17, 15) is 0 Å². The Balaban J connectivity index is 1.96. The molecule has 0 aromatic heterocycles. The summed E-state index contributed by atoms with van der Waals surface area (Å²) >= 11 is 0. The highest BCUT2D eigenvalue weighted by atomic mass is 16.7. The molecule has 2 aliphatic rings. The van der Waals surface area contributed by atoms with Crippen LogP contribution in [0.3, 0.4) is 0 Å². The standard InChI is InChI=1S/C7H12O3/c1-5-9-4-7-6(10-5)2-3-8-7/h5-7H,2-4H2,1H3/t5-,6?,7?/m1/s1. The van der Waals surface area contributed by atoms with Gasteiger partial charge in [-0.15, -0.1) is 0 Å². The Morgan fingerprint density at radius 2 is 2.10 bits per heavy atom. The second-order valence-corrected chi connectivity index (χ2v) is 2.77. The van der Waals surface area contributed by atoms with Crippen LogP contribution in [-0.2, 0) is 14.2 Å². The molecule has 0 aromatic rings. The van der Waals surface area contributed by atoms with Crippen LogP contribution in [0.25, 0.3) is 0 Å². The minimum Gasteiger partial charge on any atom is -0.373 e. The van der Waals surface area contributed by atoms with E-state index in [1.54, 1.807) is 0 Å². The monoisotopic (exact) mass is 144 g/mol. The molecule has 3 atom stereocenters. The van der Waals surface area contributed by atoms with Gasteiger partial charge >= 0.3 is 0 Å². The average molecular weight is 144 g/mol. The number of hydrogen-bond acceptors (Lipinski definition) is 3. The highest BCUT2D eigenvalue weighted by Gasteiger charge is 2.34. The summed E-state index contributed by atoms with van der Waals surface area (Å²) in [7, 11) is 0. The summed E-state index contributed by atoms with van der Waals surface area (Å²) in [5, 5.41) is 0. The lowest BCUT2D eigenvalue weighted by atomic mass is 10.2. The van der Waals surface area contributed by atoms with Crippen molar-refractivity contribution < 1.29 is 14.2 Å². The maximum absolute atomic E-state index is 5.46.